The quantitative estimate of drug-likeness (QED) is 0.730. The van der Waals surface area contributed by atoms with Gasteiger partial charge in [-0.15, -0.1) is 0 Å². The molecule has 1 spiro atoms. The molecule has 1 aliphatic heterocycles. The summed E-state index contributed by atoms with van der Waals surface area (Å²) in [6, 6.07) is 4.56. The number of ether oxygens (including phenoxy) is 1. The highest BCUT2D eigenvalue weighted by molar-refractivity contribution is 6.00. The summed E-state index contributed by atoms with van der Waals surface area (Å²) in [5.74, 6) is -0.365. The Labute approximate surface area is 92.6 Å². The molecule has 1 saturated carbocycles. The van der Waals surface area contributed by atoms with Crippen LogP contribution in [0.5, 0.6) is 5.75 Å². The van der Waals surface area contributed by atoms with Crippen LogP contribution >= 0.6 is 0 Å². The van der Waals surface area contributed by atoms with Crippen LogP contribution in [0.15, 0.2) is 18.2 Å². The van der Waals surface area contributed by atoms with E-state index in [0.29, 0.717) is 18.5 Å². The zero-order valence-electron chi connectivity index (χ0n) is 8.75. The SMILES string of the molecule is O=C1Nc2cccc(F)c2OC12CCCC2. The monoisotopic (exact) mass is 221 g/mol. The fraction of sp³-hybridized carbons (Fsp3) is 0.417. The number of halogens is 1. The van der Waals surface area contributed by atoms with Crippen LogP contribution in [0.2, 0.25) is 0 Å². The van der Waals surface area contributed by atoms with Gasteiger partial charge in [0.25, 0.3) is 5.91 Å². The highest BCUT2D eigenvalue weighted by atomic mass is 19.1. The zero-order chi connectivity index (χ0) is 11.2. The topological polar surface area (TPSA) is 38.3 Å². The molecule has 0 bridgehead atoms. The molecule has 0 atom stereocenters. The van der Waals surface area contributed by atoms with Gasteiger partial charge in [0.05, 0.1) is 5.69 Å². The summed E-state index contributed by atoms with van der Waals surface area (Å²) in [6.45, 7) is 0. The van der Waals surface area contributed by atoms with Crippen molar-refractivity contribution in [2.45, 2.75) is 31.3 Å². The molecule has 1 fully saturated rings. The van der Waals surface area contributed by atoms with Gasteiger partial charge < -0.3 is 10.1 Å². The lowest BCUT2D eigenvalue weighted by Gasteiger charge is -2.34. The molecular weight excluding hydrogens is 209 g/mol. The normalized spacial score (nSPS) is 21.4. The molecule has 1 aromatic rings. The van der Waals surface area contributed by atoms with Gasteiger partial charge in [-0.25, -0.2) is 4.39 Å². The van der Waals surface area contributed by atoms with Crippen LogP contribution in [0.1, 0.15) is 25.7 Å². The maximum atomic E-state index is 13.6. The number of hydrogen-bond donors (Lipinski definition) is 1. The summed E-state index contributed by atoms with van der Waals surface area (Å²) in [4.78, 5) is 11.9. The van der Waals surface area contributed by atoms with Crippen LogP contribution in [0.25, 0.3) is 0 Å². The summed E-state index contributed by atoms with van der Waals surface area (Å²) in [5.41, 5.74) is -0.391. The number of carbonyl (C=O) groups excluding carboxylic acids is 1. The van der Waals surface area contributed by atoms with Crippen molar-refractivity contribution in [3.8, 4) is 5.75 Å². The molecule has 84 valence electrons. The molecule has 0 radical (unpaired) electrons. The number of fused-ring (bicyclic) bond motifs is 1. The molecule has 16 heavy (non-hydrogen) atoms. The molecule has 1 heterocycles. The Kier molecular flexibility index (Phi) is 1.93. The average molecular weight is 221 g/mol. The molecule has 1 aromatic carbocycles. The lowest BCUT2D eigenvalue weighted by molar-refractivity contribution is -0.132. The van der Waals surface area contributed by atoms with Crippen LogP contribution in [-0.2, 0) is 4.79 Å². The smallest absolute Gasteiger partial charge is 0.268 e. The number of rotatable bonds is 0. The van der Waals surface area contributed by atoms with Crippen LogP contribution in [0.3, 0.4) is 0 Å². The average Bonchev–Trinajstić information content (AvgIpc) is 2.72. The summed E-state index contributed by atoms with van der Waals surface area (Å²) < 4.78 is 19.2. The van der Waals surface area contributed by atoms with Crippen LogP contribution in [-0.4, -0.2) is 11.5 Å². The van der Waals surface area contributed by atoms with E-state index in [9.17, 15) is 9.18 Å². The number of carbonyl (C=O) groups is 1. The Morgan fingerprint density at radius 1 is 1.31 bits per heavy atom. The van der Waals surface area contributed by atoms with E-state index in [1.165, 1.54) is 6.07 Å². The second kappa shape index (κ2) is 3.20. The Hall–Kier alpha value is -1.58. The van der Waals surface area contributed by atoms with Gasteiger partial charge >= 0.3 is 0 Å². The molecule has 4 heteroatoms. The fourth-order valence-corrected chi connectivity index (χ4v) is 2.46. The maximum absolute atomic E-state index is 13.6. The van der Waals surface area contributed by atoms with Crippen LogP contribution in [0.4, 0.5) is 10.1 Å². The van der Waals surface area contributed by atoms with E-state index >= 15 is 0 Å². The van der Waals surface area contributed by atoms with Crippen LogP contribution in [0, 0.1) is 5.82 Å². The van der Waals surface area contributed by atoms with Gasteiger partial charge in [-0.3, -0.25) is 4.79 Å². The molecule has 1 amide bonds. The van der Waals surface area contributed by atoms with E-state index in [2.05, 4.69) is 5.32 Å². The third kappa shape index (κ3) is 1.22. The van der Waals surface area contributed by atoms with Crippen molar-refractivity contribution in [1.29, 1.82) is 0 Å². The highest BCUT2D eigenvalue weighted by Crippen LogP contribution is 2.42. The molecule has 2 aliphatic rings. The predicted molar refractivity (Wildman–Crippen MR) is 56.9 cm³/mol. The number of benzene rings is 1. The van der Waals surface area contributed by atoms with Crippen LogP contribution < -0.4 is 10.1 Å². The number of anilines is 1. The van der Waals surface area contributed by atoms with E-state index in [-0.39, 0.29) is 11.7 Å². The van der Waals surface area contributed by atoms with Gasteiger partial charge in [0.15, 0.2) is 17.2 Å². The molecule has 1 aliphatic carbocycles. The van der Waals surface area contributed by atoms with Gasteiger partial charge in [-0.05, 0) is 37.8 Å². The second-order valence-corrected chi connectivity index (χ2v) is 4.37. The van der Waals surface area contributed by atoms with Gasteiger partial charge in [0.1, 0.15) is 0 Å². The Balaban J connectivity index is 2.06. The van der Waals surface area contributed by atoms with Crippen molar-refractivity contribution in [2.24, 2.45) is 0 Å². The first-order valence-electron chi connectivity index (χ1n) is 5.50. The number of hydrogen-bond acceptors (Lipinski definition) is 2. The van der Waals surface area contributed by atoms with Crippen molar-refractivity contribution < 1.29 is 13.9 Å². The summed E-state index contributed by atoms with van der Waals surface area (Å²) in [6.07, 6.45) is 3.26. The van der Waals surface area contributed by atoms with Crippen molar-refractivity contribution in [3.63, 3.8) is 0 Å². The van der Waals surface area contributed by atoms with Gasteiger partial charge in [-0.2, -0.15) is 0 Å². The molecule has 3 rings (SSSR count). The third-order valence-corrected chi connectivity index (χ3v) is 3.34. The minimum Gasteiger partial charge on any atom is -0.472 e. The fourth-order valence-electron chi connectivity index (χ4n) is 2.46. The predicted octanol–water partition coefficient (Wildman–Crippen LogP) is 2.47. The maximum Gasteiger partial charge on any atom is 0.268 e. The van der Waals surface area contributed by atoms with E-state index in [1.54, 1.807) is 12.1 Å². The summed E-state index contributed by atoms with van der Waals surface area (Å²) in [7, 11) is 0. The molecular formula is C12H12FNO2. The Bertz CT molecular complexity index is 452. The first kappa shape index (κ1) is 9.63. The Morgan fingerprint density at radius 3 is 2.81 bits per heavy atom. The number of para-hydroxylation sites is 1. The largest absolute Gasteiger partial charge is 0.472 e. The van der Waals surface area contributed by atoms with Crippen molar-refractivity contribution in [2.75, 3.05) is 5.32 Å². The van der Waals surface area contributed by atoms with E-state index in [0.717, 1.165) is 12.8 Å². The van der Waals surface area contributed by atoms with E-state index in [4.69, 9.17) is 4.74 Å². The lowest BCUT2D eigenvalue weighted by atomic mass is 9.98. The van der Waals surface area contributed by atoms with E-state index < -0.39 is 11.4 Å². The standard InChI is InChI=1S/C12H12FNO2/c13-8-4-3-5-9-10(8)16-12(11(15)14-9)6-1-2-7-12/h3-5H,1-2,6-7H2,(H,14,15). The van der Waals surface area contributed by atoms with Crippen molar-refractivity contribution >= 4 is 11.6 Å². The Morgan fingerprint density at radius 2 is 2.06 bits per heavy atom. The summed E-state index contributed by atoms with van der Waals surface area (Å²) >= 11 is 0. The first-order valence-corrected chi connectivity index (χ1v) is 5.50. The van der Waals surface area contributed by atoms with Gasteiger partial charge in [0, 0.05) is 0 Å². The first-order chi connectivity index (χ1) is 7.71. The molecule has 0 saturated heterocycles. The zero-order valence-corrected chi connectivity index (χ0v) is 8.75. The number of amides is 1. The van der Waals surface area contributed by atoms with Crippen molar-refractivity contribution in [1.82, 2.24) is 0 Å². The van der Waals surface area contributed by atoms with Gasteiger partial charge in [-0.1, -0.05) is 6.07 Å². The molecule has 3 nitrogen and oxygen atoms in total. The second-order valence-electron chi connectivity index (χ2n) is 4.37. The minimum absolute atomic E-state index is 0.136. The molecule has 1 N–H and O–H groups in total. The third-order valence-electron chi connectivity index (χ3n) is 3.34. The molecule has 0 unspecified atom stereocenters. The summed E-state index contributed by atoms with van der Waals surface area (Å²) in [5, 5.41) is 2.73. The highest BCUT2D eigenvalue weighted by Gasteiger charge is 2.47. The van der Waals surface area contributed by atoms with E-state index in [1.807, 2.05) is 0 Å². The minimum atomic E-state index is -0.824. The molecule has 0 aromatic heterocycles. The number of nitrogens with one attached hydrogen (secondary N) is 1. The van der Waals surface area contributed by atoms with Crippen molar-refractivity contribution in [3.05, 3.63) is 24.0 Å². The lowest BCUT2D eigenvalue weighted by Crippen LogP contribution is -2.48. The van der Waals surface area contributed by atoms with Gasteiger partial charge in [0.2, 0.25) is 0 Å².